The summed E-state index contributed by atoms with van der Waals surface area (Å²) in [7, 11) is 0. The van der Waals surface area contributed by atoms with Gasteiger partial charge in [-0.25, -0.2) is 0 Å². The Kier molecular flexibility index (Phi) is 4.70. The molecule has 5 atom stereocenters. The maximum atomic E-state index is 10.5. The van der Waals surface area contributed by atoms with Gasteiger partial charge in [-0.2, -0.15) is 0 Å². The fourth-order valence-electron chi connectivity index (χ4n) is 1.97. The summed E-state index contributed by atoms with van der Waals surface area (Å²) >= 11 is 0. The van der Waals surface area contributed by atoms with Crippen molar-refractivity contribution in [2.75, 3.05) is 6.61 Å². The number of nitrogens with zero attached hydrogens (tertiary/aromatic N) is 1. The smallest absolute Gasteiger partial charge is 0.269 e. The van der Waals surface area contributed by atoms with Crippen molar-refractivity contribution in [3.63, 3.8) is 0 Å². The van der Waals surface area contributed by atoms with Gasteiger partial charge in [0.1, 0.15) is 30.2 Å². The van der Waals surface area contributed by atoms with E-state index in [2.05, 4.69) is 0 Å². The number of ether oxygens (including phenoxy) is 2. The average molecular weight is 301 g/mol. The van der Waals surface area contributed by atoms with Crippen molar-refractivity contribution >= 4 is 5.69 Å². The fraction of sp³-hybridized carbons (Fsp3) is 0.500. The zero-order valence-corrected chi connectivity index (χ0v) is 10.8. The van der Waals surface area contributed by atoms with Gasteiger partial charge in [0.15, 0.2) is 0 Å². The molecule has 1 fully saturated rings. The fourth-order valence-corrected chi connectivity index (χ4v) is 1.97. The van der Waals surface area contributed by atoms with Gasteiger partial charge >= 0.3 is 0 Å². The van der Waals surface area contributed by atoms with E-state index < -0.39 is 42.2 Å². The van der Waals surface area contributed by atoms with E-state index in [1.54, 1.807) is 0 Å². The van der Waals surface area contributed by atoms with Crippen LogP contribution in [0.2, 0.25) is 0 Å². The summed E-state index contributed by atoms with van der Waals surface area (Å²) in [5, 5.41) is 48.3. The van der Waals surface area contributed by atoms with Gasteiger partial charge in [0, 0.05) is 12.1 Å². The first kappa shape index (κ1) is 15.6. The van der Waals surface area contributed by atoms with Crippen molar-refractivity contribution in [1.29, 1.82) is 0 Å². The van der Waals surface area contributed by atoms with Crippen LogP contribution in [0.25, 0.3) is 0 Å². The van der Waals surface area contributed by atoms with E-state index in [0.717, 1.165) is 0 Å². The molecule has 21 heavy (non-hydrogen) atoms. The molecule has 0 aliphatic carbocycles. The Bertz CT molecular complexity index is 493. The second-order valence-corrected chi connectivity index (χ2v) is 4.57. The number of aliphatic hydroxyl groups is 4. The van der Waals surface area contributed by atoms with Crippen LogP contribution >= 0.6 is 0 Å². The van der Waals surface area contributed by atoms with Crippen LogP contribution in [0.1, 0.15) is 0 Å². The molecular formula is C12H15NO8. The molecule has 9 nitrogen and oxygen atoms in total. The molecule has 0 amide bonds. The highest BCUT2D eigenvalue weighted by Gasteiger charge is 2.47. The van der Waals surface area contributed by atoms with Crippen molar-refractivity contribution in [2.24, 2.45) is 0 Å². The number of hydrogen-bond donors (Lipinski definition) is 4. The van der Waals surface area contributed by atoms with Gasteiger partial charge in [-0.3, -0.25) is 10.1 Å². The Morgan fingerprint density at radius 1 is 1.29 bits per heavy atom. The Morgan fingerprint density at radius 3 is 2.43 bits per heavy atom. The van der Waals surface area contributed by atoms with Crippen LogP contribution in [0, 0.1) is 10.1 Å². The molecule has 1 aromatic rings. The first-order valence-electron chi connectivity index (χ1n) is 6.15. The molecule has 0 unspecified atom stereocenters. The molecule has 2 rings (SSSR count). The Labute approximate surface area is 119 Å². The Morgan fingerprint density at radius 2 is 1.90 bits per heavy atom. The number of rotatable bonds is 5. The third-order valence-corrected chi connectivity index (χ3v) is 3.12. The second kappa shape index (κ2) is 6.33. The molecule has 0 bridgehead atoms. The van der Waals surface area contributed by atoms with Gasteiger partial charge in [-0.15, -0.1) is 0 Å². The summed E-state index contributed by atoms with van der Waals surface area (Å²) in [5.74, 6) is 0.191. The number of benzene rings is 1. The summed E-state index contributed by atoms with van der Waals surface area (Å²) in [6.45, 7) is -0.640. The van der Waals surface area contributed by atoms with Crippen LogP contribution in [0.5, 0.6) is 5.75 Å². The molecule has 4 N–H and O–H groups in total. The van der Waals surface area contributed by atoms with E-state index >= 15 is 0 Å². The highest BCUT2D eigenvalue weighted by Crippen LogP contribution is 2.27. The standard InChI is InChI=1S/C12H15NO8/c14-5-8(15)11-9(16)10(17)12(21-11)20-7-3-1-6(2-4-7)13(18)19/h1-4,8-12,14-17H,5H2/t8-,9-,10-,11-,12-/m1/s1. The van der Waals surface area contributed by atoms with Crippen molar-refractivity contribution in [1.82, 2.24) is 0 Å². The molecular weight excluding hydrogens is 286 g/mol. The first-order chi connectivity index (χ1) is 9.93. The summed E-state index contributed by atoms with van der Waals surface area (Å²) in [5.41, 5.74) is -0.121. The molecule has 9 heteroatoms. The highest BCUT2D eigenvalue weighted by atomic mass is 16.7. The molecule has 0 spiro atoms. The highest BCUT2D eigenvalue weighted by molar-refractivity contribution is 5.36. The number of non-ortho nitro benzene ring substituents is 1. The summed E-state index contributed by atoms with van der Waals surface area (Å²) in [6.07, 6.45) is -6.65. The first-order valence-corrected chi connectivity index (χ1v) is 6.15. The Balaban J connectivity index is 2.04. The molecule has 0 saturated carbocycles. The van der Waals surface area contributed by atoms with Crippen LogP contribution < -0.4 is 4.74 Å². The van der Waals surface area contributed by atoms with E-state index in [0.29, 0.717) is 0 Å². The van der Waals surface area contributed by atoms with Crippen molar-refractivity contribution in [3.8, 4) is 5.75 Å². The monoisotopic (exact) mass is 301 g/mol. The Hall–Kier alpha value is -1.78. The van der Waals surface area contributed by atoms with E-state index in [1.807, 2.05) is 0 Å². The summed E-state index contributed by atoms with van der Waals surface area (Å²) in [4.78, 5) is 9.95. The lowest BCUT2D eigenvalue weighted by Crippen LogP contribution is -2.40. The van der Waals surface area contributed by atoms with E-state index in [9.17, 15) is 25.4 Å². The van der Waals surface area contributed by atoms with Gasteiger partial charge in [-0.1, -0.05) is 0 Å². The normalized spacial score (nSPS) is 30.1. The molecule has 1 aliphatic rings. The zero-order valence-electron chi connectivity index (χ0n) is 10.8. The van der Waals surface area contributed by atoms with E-state index in [4.69, 9.17) is 14.6 Å². The molecule has 116 valence electrons. The van der Waals surface area contributed by atoms with Gasteiger partial charge in [0.25, 0.3) is 5.69 Å². The van der Waals surface area contributed by atoms with Gasteiger partial charge < -0.3 is 29.9 Å². The van der Waals surface area contributed by atoms with Gasteiger partial charge in [0.2, 0.25) is 6.29 Å². The van der Waals surface area contributed by atoms with Crippen molar-refractivity contribution in [2.45, 2.75) is 30.7 Å². The minimum atomic E-state index is -1.42. The third-order valence-electron chi connectivity index (χ3n) is 3.12. The van der Waals surface area contributed by atoms with Gasteiger partial charge in [0.05, 0.1) is 11.5 Å². The topological polar surface area (TPSA) is 143 Å². The number of aliphatic hydroxyl groups excluding tert-OH is 4. The molecule has 1 heterocycles. The summed E-state index contributed by atoms with van der Waals surface area (Å²) < 4.78 is 10.4. The molecule has 1 saturated heterocycles. The van der Waals surface area contributed by atoms with Gasteiger partial charge in [-0.05, 0) is 12.1 Å². The average Bonchev–Trinajstić information content (AvgIpc) is 2.75. The maximum absolute atomic E-state index is 10.5. The van der Waals surface area contributed by atoms with Crippen LogP contribution in [0.4, 0.5) is 5.69 Å². The lowest BCUT2D eigenvalue weighted by atomic mass is 10.1. The lowest BCUT2D eigenvalue weighted by molar-refractivity contribution is -0.384. The number of nitro benzene ring substituents is 1. The van der Waals surface area contributed by atoms with E-state index in [-0.39, 0.29) is 11.4 Å². The maximum Gasteiger partial charge on any atom is 0.269 e. The number of hydrogen-bond acceptors (Lipinski definition) is 8. The second-order valence-electron chi connectivity index (χ2n) is 4.57. The summed E-state index contributed by atoms with van der Waals surface area (Å²) in [6, 6.07) is 5.06. The van der Waals surface area contributed by atoms with Crippen LogP contribution in [-0.2, 0) is 4.74 Å². The SMILES string of the molecule is O=[N+]([O-])c1ccc(O[C@@H]2O[C@H]([C@H](O)CO)[C@H](O)[C@H]2O)cc1. The van der Waals surface area contributed by atoms with Crippen LogP contribution in [0.3, 0.4) is 0 Å². The quantitative estimate of drug-likeness (QED) is 0.391. The van der Waals surface area contributed by atoms with Crippen molar-refractivity contribution in [3.05, 3.63) is 34.4 Å². The molecule has 1 aromatic carbocycles. The minimum Gasteiger partial charge on any atom is -0.462 e. The molecule has 0 radical (unpaired) electrons. The third kappa shape index (κ3) is 3.28. The van der Waals surface area contributed by atoms with E-state index in [1.165, 1.54) is 24.3 Å². The van der Waals surface area contributed by atoms with Crippen molar-refractivity contribution < 1.29 is 34.8 Å². The molecule has 0 aromatic heterocycles. The molecule has 1 aliphatic heterocycles. The largest absolute Gasteiger partial charge is 0.462 e. The lowest BCUT2D eigenvalue weighted by Gasteiger charge is -2.18. The minimum absolute atomic E-state index is 0.121. The van der Waals surface area contributed by atoms with Crippen LogP contribution in [-0.4, -0.2) is 62.7 Å². The zero-order chi connectivity index (χ0) is 15.6. The predicted molar refractivity (Wildman–Crippen MR) is 67.5 cm³/mol. The predicted octanol–water partition coefficient (Wildman–Crippen LogP) is -1.23. The van der Waals surface area contributed by atoms with Crippen LogP contribution in [0.15, 0.2) is 24.3 Å². The number of nitro groups is 1.